The number of benzene rings is 1. The molecule has 1 fully saturated rings. The highest BCUT2D eigenvalue weighted by atomic mass is 16.5. The topological polar surface area (TPSA) is 9.23 Å². The highest BCUT2D eigenvalue weighted by Crippen LogP contribution is 2.23. The second-order valence-corrected chi connectivity index (χ2v) is 3.86. The van der Waals surface area contributed by atoms with Crippen molar-refractivity contribution >= 4 is 0 Å². The zero-order valence-electron chi connectivity index (χ0n) is 8.07. The smallest absolute Gasteiger partial charge is 0.0641 e. The first-order chi connectivity index (χ1) is 6.36. The van der Waals surface area contributed by atoms with E-state index in [1.54, 1.807) is 0 Å². The van der Waals surface area contributed by atoms with E-state index in [0.29, 0.717) is 6.10 Å². The minimum Gasteiger partial charge on any atom is -0.378 e. The Morgan fingerprint density at radius 2 is 2.08 bits per heavy atom. The first kappa shape index (κ1) is 8.76. The highest BCUT2D eigenvalue weighted by Gasteiger charge is 2.23. The second-order valence-electron chi connectivity index (χ2n) is 3.86. The maximum Gasteiger partial charge on any atom is 0.0641 e. The molecule has 1 aromatic rings. The Bertz CT molecular complexity index is 255. The van der Waals surface area contributed by atoms with Crippen LogP contribution in [0.5, 0.6) is 0 Å². The zero-order chi connectivity index (χ0) is 9.10. The first-order valence-corrected chi connectivity index (χ1v) is 5.02. The number of hydrogen-bond acceptors (Lipinski definition) is 1. The molecular formula is C12H16O. The molecule has 0 amide bonds. The van der Waals surface area contributed by atoms with Gasteiger partial charge in [-0.2, -0.15) is 0 Å². The van der Waals surface area contributed by atoms with Crippen LogP contribution in [0.1, 0.15) is 18.9 Å². The van der Waals surface area contributed by atoms with Gasteiger partial charge in [-0.25, -0.2) is 0 Å². The van der Waals surface area contributed by atoms with Crippen molar-refractivity contribution in [1.82, 2.24) is 0 Å². The molecule has 13 heavy (non-hydrogen) atoms. The fraction of sp³-hybridized carbons (Fsp3) is 0.500. The van der Waals surface area contributed by atoms with Crippen molar-refractivity contribution in [3.63, 3.8) is 0 Å². The van der Waals surface area contributed by atoms with Gasteiger partial charge in [-0.05, 0) is 24.3 Å². The van der Waals surface area contributed by atoms with E-state index < -0.39 is 0 Å². The summed E-state index contributed by atoms with van der Waals surface area (Å²) in [5, 5.41) is 0. The average Bonchev–Trinajstić information content (AvgIpc) is 2.54. The standard InChI is InChI=1S/C12H16O/c1-10-7-8-13-12(10)9-11-5-3-2-4-6-11/h2-6,10,12H,7-9H2,1H3. The zero-order valence-corrected chi connectivity index (χ0v) is 8.07. The Labute approximate surface area is 79.7 Å². The predicted molar refractivity (Wildman–Crippen MR) is 53.7 cm³/mol. The molecule has 0 radical (unpaired) electrons. The van der Waals surface area contributed by atoms with Gasteiger partial charge in [-0.3, -0.25) is 0 Å². The molecule has 0 bridgehead atoms. The van der Waals surface area contributed by atoms with Crippen molar-refractivity contribution in [3.05, 3.63) is 35.9 Å². The van der Waals surface area contributed by atoms with Gasteiger partial charge in [0.05, 0.1) is 6.10 Å². The molecule has 1 saturated heterocycles. The lowest BCUT2D eigenvalue weighted by Crippen LogP contribution is -2.16. The average molecular weight is 176 g/mol. The minimum absolute atomic E-state index is 0.447. The molecule has 0 spiro atoms. The van der Waals surface area contributed by atoms with E-state index in [1.165, 1.54) is 12.0 Å². The summed E-state index contributed by atoms with van der Waals surface area (Å²) in [6.45, 7) is 3.22. The van der Waals surface area contributed by atoms with Crippen LogP contribution in [0.2, 0.25) is 0 Å². The van der Waals surface area contributed by atoms with Crippen molar-refractivity contribution in [3.8, 4) is 0 Å². The normalized spacial score (nSPS) is 27.8. The maximum atomic E-state index is 5.67. The van der Waals surface area contributed by atoms with Crippen LogP contribution in [0.25, 0.3) is 0 Å². The van der Waals surface area contributed by atoms with E-state index in [4.69, 9.17) is 4.74 Å². The molecule has 70 valence electrons. The van der Waals surface area contributed by atoms with Gasteiger partial charge in [0.2, 0.25) is 0 Å². The lowest BCUT2D eigenvalue weighted by atomic mass is 9.98. The Morgan fingerprint density at radius 3 is 2.69 bits per heavy atom. The fourth-order valence-electron chi connectivity index (χ4n) is 1.86. The van der Waals surface area contributed by atoms with Gasteiger partial charge in [0, 0.05) is 6.61 Å². The monoisotopic (exact) mass is 176 g/mol. The summed E-state index contributed by atoms with van der Waals surface area (Å²) in [7, 11) is 0. The van der Waals surface area contributed by atoms with Crippen molar-refractivity contribution in [2.24, 2.45) is 5.92 Å². The Balaban J connectivity index is 1.98. The molecule has 1 heteroatoms. The molecule has 1 aliphatic heterocycles. The third-order valence-corrected chi connectivity index (χ3v) is 2.82. The number of ether oxygens (including phenoxy) is 1. The third kappa shape index (κ3) is 2.10. The van der Waals surface area contributed by atoms with Crippen LogP contribution in [0.3, 0.4) is 0 Å². The lowest BCUT2D eigenvalue weighted by molar-refractivity contribution is 0.0944. The molecule has 2 rings (SSSR count). The molecule has 0 saturated carbocycles. The minimum atomic E-state index is 0.447. The highest BCUT2D eigenvalue weighted by molar-refractivity contribution is 5.15. The lowest BCUT2D eigenvalue weighted by Gasteiger charge is -2.13. The first-order valence-electron chi connectivity index (χ1n) is 5.02. The predicted octanol–water partition coefficient (Wildman–Crippen LogP) is 2.65. The van der Waals surface area contributed by atoms with Crippen LogP contribution in [0.15, 0.2) is 30.3 Å². The van der Waals surface area contributed by atoms with Gasteiger partial charge < -0.3 is 4.74 Å². The second kappa shape index (κ2) is 3.93. The molecule has 1 heterocycles. The van der Waals surface area contributed by atoms with Crippen LogP contribution in [0, 0.1) is 5.92 Å². The molecule has 2 unspecified atom stereocenters. The van der Waals surface area contributed by atoms with Crippen LogP contribution in [-0.4, -0.2) is 12.7 Å². The maximum absolute atomic E-state index is 5.67. The summed E-state index contributed by atoms with van der Waals surface area (Å²) in [4.78, 5) is 0. The van der Waals surface area contributed by atoms with E-state index in [2.05, 4.69) is 37.3 Å². The number of hydrogen-bond donors (Lipinski definition) is 0. The number of rotatable bonds is 2. The van der Waals surface area contributed by atoms with Gasteiger partial charge in [0.15, 0.2) is 0 Å². The van der Waals surface area contributed by atoms with Gasteiger partial charge in [0.1, 0.15) is 0 Å². The molecule has 0 aliphatic carbocycles. The van der Waals surface area contributed by atoms with E-state index in [9.17, 15) is 0 Å². The van der Waals surface area contributed by atoms with Crippen LogP contribution >= 0.6 is 0 Å². The van der Waals surface area contributed by atoms with Crippen LogP contribution in [0.4, 0.5) is 0 Å². The molecular weight excluding hydrogens is 160 g/mol. The van der Waals surface area contributed by atoms with E-state index in [-0.39, 0.29) is 0 Å². The van der Waals surface area contributed by atoms with Gasteiger partial charge in [0.25, 0.3) is 0 Å². The van der Waals surface area contributed by atoms with Gasteiger partial charge in [-0.1, -0.05) is 37.3 Å². The van der Waals surface area contributed by atoms with Crippen LogP contribution in [-0.2, 0) is 11.2 Å². The molecule has 1 aliphatic rings. The Hall–Kier alpha value is -0.820. The molecule has 2 atom stereocenters. The molecule has 0 aromatic heterocycles. The van der Waals surface area contributed by atoms with Crippen molar-refractivity contribution in [2.45, 2.75) is 25.9 Å². The summed E-state index contributed by atoms with van der Waals surface area (Å²) in [5.74, 6) is 0.722. The van der Waals surface area contributed by atoms with E-state index >= 15 is 0 Å². The summed E-state index contributed by atoms with van der Waals surface area (Å²) in [5.41, 5.74) is 1.39. The van der Waals surface area contributed by atoms with Gasteiger partial charge in [-0.15, -0.1) is 0 Å². The molecule has 1 aromatic carbocycles. The summed E-state index contributed by atoms with van der Waals surface area (Å²) in [6.07, 6.45) is 2.74. The quantitative estimate of drug-likeness (QED) is 0.673. The summed E-state index contributed by atoms with van der Waals surface area (Å²) >= 11 is 0. The SMILES string of the molecule is CC1CCOC1Cc1ccccc1. The van der Waals surface area contributed by atoms with Crippen molar-refractivity contribution in [2.75, 3.05) is 6.61 Å². The van der Waals surface area contributed by atoms with Gasteiger partial charge >= 0.3 is 0 Å². The Kier molecular flexibility index (Phi) is 2.65. The van der Waals surface area contributed by atoms with Crippen molar-refractivity contribution < 1.29 is 4.74 Å². The van der Waals surface area contributed by atoms with E-state index in [1.807, 2.05) is 0 Å². The molecule has 1 nitrogen and oxygen atoms in total. The Morgan fingerprint density at radius 1 is 1.31 bits per heavy atom. The molecule has 0 N–H and O–H groups in total. The van der Waals surface area contributed by atoms with Crippen LogP contribution < -0.4 is 0 Å². The largest absolute Gasteiger partial charge is 0.378 e. The summed E-state index contributed by atoms with van der Waals surface area (Å²) in [6, 6.07) is 10.6. The summed E-state index contributed by atoms with van der Waals surface area (Å²) < 4.78 is 5.67. The fourth-order valence-corrected chi connectivity index (χ4v) is 1.86. The van der Waals surface area contributed by atoms with Crippen molar-refractivity contribution in [1.29, 1.82) is 0 Å². The van der Waals surface area contributed by atoms with E-state index in [0.717, 1.165) is 18.9 Å². The third-order valence-electron chi connectivity index (χ3n) is 2.82.